The molecule has 0 aliphatic rings. The van der Waals surface area contributed by atoms with Crippen LogP contribution in [0.15, 0.2) is 29.8 Å². The Morgan fingerprint density at radius 1 is 1.17 bits per heavy atom. The van der Waals surface area contributed by atoms with E-state index in [2.05, 4.69) is 0 Å². The van der Waals surface area contributed by atoms with Gasteiger partial charge in [0, 0.05) is 5.41 Å². The summed E-state index contributed by atoms with van der Waals surface area (Å²) in [5, 5.41) is 17.7. The fraction of sp³-hybridized carbons (Fsp3) is 0.267. The smallest absolute Gasteiger partial charge is 0.178 e. The van der Waals surface area contributed by atoms with E-state index in [9.17, 15) is 4.79 Å². The molecule has 0 bridgehead atoms. The van der Waals surface area contributed by atoms with Crippen molar-refractivity contribution in [3.05, 3.63) is 41.0 Å². The molecule has 0 spiro atoms. The second-order valence-electron chi connectivity index (χ2n) is 4.98. The first-order chi connectivity index (χ1) is 8.38. The minimum Gasteiger partial charge on any atom is -0.293 e. The van der Waals surface area contributed by atoms with Crippen LogP contribution in [0.5, 0.6) is 0 Å². The molecule has 0 aromatic heterocycles. The highest BCUT2D eigenvalue weighted by Gasteiger charge is 2.24. The van der Waals surface area contributed by atoms with Crippen LogP contribution in [-0.2, 0) is 4.79 Å². The lowest BCUT2D eigenvalue weighted by Crippen LogP contribution is -2.21. The maximum Gasteiger partial charge on any atom is 0.178 e. The van der Waals surface area contributed by atoms with Crippen molar-refractivity contribution in [2.45, 2.75) is 20.8 Å². The van der Waals surface area contributed by atoms with Gasteiger partial charge in [0.05, 0.1) is 17.2 Å². The van der Waals surface area contributed by atoms with Crippen molar-refractivity contribution in [3.63, 3.8) is 0 Å². The van der Waals surface area contributed by atoms with Gasteiger partial charge in [0.15, 0.2) is 5.78 Å². The number of rotatable bonds is 2. The number of carbonyl (C=O) groups is 1. The van der Waals surface area contributed by atoms with Crippen molar-refractivity contribution in [3.8, 4) is 12.1 Å². The van der Waals surface area contributed by atoms with Gasteiger partial charge in [-0.15, -0.1) is 0 Å². The molecule has 0 N–H and O–H groups in total. The van der Waals surface area contributed by atoms with Gasteiger partial charge in [0.2, 0.25) is 0 Å². The van der Waals surface area contributed by atoms with E-state index in [1.807, 2.05) is 12.1 Å². The molecule has 0 unspecified atom stereocenters. The third kappa shape index (κ3) is 3.30. The third-order valence-corrected chi connectivity index (χ3v) is 2.40. The lowest BCUT2D eigenvalue weighted by atomic mass is 9.86. The minimum absolute atomic E-state index is 0.132. The van der Waals surface area contributed by atoms with Gasteiger partial charge in [0.1, 0.15) is 6.07 Å². The zero-order chi connectivity index (χ0) is 13.8. The number of hydrogen-bond donors (Lipinski definition) is 0. The maximum atomic E-state index is 12.0. The second kappa shape index (κ2) is 5.29. The Hall–Kier alpha value is -2.39. The zero-order valence-electron chi connectivity index (χ0n) is 10.7. The molecule has 0 saturated heterocycles. The monoisotopic (exact) mass is 238 g/mol. The predicted molar refractivity (Wildman–Crippen MR) is 69.2 cm³/mol. The third-order valence-electron chi connectivity index (χ3n) is 2.40. The number of ketones is 1. The van der Waals surface area contributed by atoms with Crippen LogP contribution in [-0.4, -0.2) is 5.78 Å². The molecular formula is C15H14N2O. The summed E-state index contributed by atoms with van der Waals surface area (Å²) in [7, 11) is 0. The highest BCUT2D eigenvalue weighted by Crippen LogP contribution is 2.21. The first-order valence-corrected chi connectivity index (χ1v) is 5.55. The predicted octanol–water partition coefficient (Wildman–Crippen LogP) is 3.08. The van der Waals surface area contributed by atoms with Crippen LogP contribution in [0.4, 0.5) is 0 Å². The molecular weight excluding hydrogens is 224 g/mol. The zero-order valence-corrected chi connectivity index (χ0v) is 10.7. The maximum absolute atomic E-state index is 12.0. The van der Waals surface area contributed by atoms with E-state index in [0.717, 1.165) is 5.56 Å². The van der Waals surface area contributed by atoms with Crippen molar-refractivity contribution in [2.75, 3.05) is 0 Å². The van der Waals surface area contributed by atoms with Crippen molar-refractivity contribution in [1.82, 2.24) is 0 Å². The Bertz CT molecular complexity index is 560. The summed E-state index contributed by atoms with van der Waals surface area (Å²) in [5.74, 6) is -0.186. The summed E-state index contributed by atoms with van der Waals surface area (Å²) in [5.41, 5.74) is 0.844. The van der Waals surface area contributed by atoms with E-state index in [1.165, 1.54) is 0 Å². The van der Waals surface area contributed by atoms with Crippen LogP contribution >= 0.6 is 0 Å². The van der Waals surface area contributed by atoms with Crippen molar-refractivity contribution in [1.29, 1.82) is 10.5 Å². The van der Waals surface area contributed by atoms with Gasteiger partial charge in [-0.1, -0.05) is 32.9 Å². The Morgan fingerprint density at radius 3 is 2.11 bits per heavy atom. The lowest BCUT2D eigenvalue weighted by Gasteiger charge is -2.15. The first kappa shape index (κ1) is 13.7. The van der Waals surface area contributed by atoms with Gasteiger partial charge in [0.25, 0.3) is 0 Å². The van der Waals surface area contributed by atoms with Crippen LogP contribution in [0.2, 0.25) is 0 Å². The van der Waals surface area contributed by atoms with Gasteiger partial charge < -0.3 is 0 Å². The summed E-state index contributed by atoms with van der Waals surface area (Å²) >= 11 is 0. The molecule has 90 valence electrons. The summed E-state index contributed by atoms with van der Waals surface area (Å²) in [6.45, 7) is 5.33. The Labute approximate surface area is 107 Å². The summed E-state index contributed by atoms with van der Waals surface area (Å²) in [4.78, 5) is 12.0. The second-order valence-corrected chi connectivity index (χ2v) is 4.98. The molecule has 1 aromatic carbocycles. The van der Waals surface area contributed by atoms with E-state index in [0.29, 0.717) is 5.56 Å². The molecule has 0 aliphatic carbocycles. The average Bonchev–Trinajstić information content (AvgIpc) is 2.34. The summed E-state index contributed by atoms with van der Waals surface area (Å²) in [6.07, 6.45) is 1.55. The van der Waals surface area contributed by atoms with Gasteiger partial charge in [-0.25, -0.2) is 0 Å². The number of nitrogens with zero attached hydrogens (tertiary/aromatic N) is 2. The van der Waals surface area contributed by atoms with Crippen LogP contribution in [0, 0.1) is 28.1 Å². The minimum atomic E-state index is -0.575. The fourth-order valence-corrected chi connectivity index (χ4v) is 1.37. The van der Waals surface area contributed by atoms with Crippen LogP contribution < -0.4 is 0 Å². The van der Waals surface area contributed by atoms with Crippen molar-refractivity contribution < 1.29 is 4.79 Å². The van der Waals surface area contributed by atoms with Crippen molar-refractivity contribution in [2.24, 2.45) is 5.41 Å². The molecule has 0 atom stereocenters. The molecule has 18 heavy (non-hydrogen) atoms. The van der Waals surface area contributed by atoms with Crippen LogP contribution in [0.25, 0.3) is 6.08 Å². The molecule has 0 saturated carbocycles. The highest BCUT2D eigenvalue weighted by atomic mass is 16.1. The van der Waals surface area contributed by atoms with E-state index < -0.39 is 5.41 Å². The average molecular weight is 238 g/mol. The molecule has 3 nitrogen and oxygen atoms in total. The van der Waals surface area contributed by atoms with Gasteiger partial charge in [-0.2, -0.15) is 10.5 Å². The SMILES string of the molecule is CC(C)(C)C(=O)C(C#N)=Cc1ccc(C#N)cc1. The van der Waals surface area contributed by atoms with E-state index in [4.69, 9.17) is 10.5 Å². The van der Waals surface area contributed by atoms with Crippen LogP contribution in [0.3, 0.4) is 0 Å². The van der Waals surface area contributed by atoms with Gasteiger partial charge in [-0.05, 0) is 23.8 Å². The van der Waals surface area contributed by atoms with Crippen LogP contribution in [0.1, 0.15) is 31.9 Å². The Morgan fingerprint density at radius 2 is 1.72 bits per heavy atom. The number of nitriles is 2. The molecule has 3 heteroatoms. The quantitative estimate of drug-likeness (QED) is 0.587. The number of hydrogen-bond acceptors (Lipinski definition) is 3. The van der Waals surface area contributed by atoms with Gasteiger partial charge in [-0.3, -0.25) is 4.79 Å². The molecule has 0 amide bonds. The molecule has 1 aromatic rings. The summed E-state index contributed by atoms with van der Waals surface area (Å²) < 4.78 is 0. The molecule has 0 radical (unpaired) electrons. The Kier molecular flexibility index (Phi) is 4.02. The first-order valence-electron chi connectivity index (χ1n) is 5.55. The van der Waals surface area contributed by atoms with E-state index in [1.54, 1.807) is 51.1 Å². The highest BCUT2D eigenvalue weighted by molar-refractivity contribution is 6.06. The number of allylic oxidation sites excluding steroid dienone is 1. The fourth-order valence-electron chi connectivity index (χ4n) is 1.37. The number of Topliss-reactive ketones (excluding diaryl/α,β-unsaturated/α-hetero) is 1. The normalized spacial score (nSPS) is 11.5. The molecule has 0 aliphatic heterocycles. The lowest BCUT2D eigenvalue weighted by molar-refractivity contribution is -0.121. The largest absolute Gasteiger partial charge is 0.293 e. The van der Waals surface area contributed by atoms with E-state index >= 15 is 0 Å². The van der Waals surface area contributed by atoms with Gasteiger partial charge >= 0.3 is 0 Å². The standard InChI is InChI=1S/C15H14N2O/c1-15(2,3)14(18)13(10-17)8-11-4-6-12(9-16)7-5-11/h4-8H,1-3H3. The molecule has 0 fully saturated rings. The molecule has 0 heterocycles. The number of benzene rings is 1. The summed E-state index contributed by atoms with van der Waals surface area (Å²) in [6, 6.07) is 10.7. The number of carbonyl (C=O) groups excluding carboxylic acids is 1. The molecule has 1 rings (SSSR count). The van der Waals surface area contributed by atoms with Crippen molar-refractivity contribution >= 4 is 11.9 Å². The Balaban J connectivity index is 3.10. The van der Waals surface area contributed by atoms with E-state index in [-0.39, 0.29) is 11.4 Å². The topological polar surface area (TPSA) is 64.7 Å².